The summed E-state index contributed by atoms with van der Waals surface area (Å²) in [5.74, 6) is 0.144. The summed E-state index contributed by atoms with van der Waals surface area (Å²) >= 11 is 1.24. The number of aromatic hydroxyl groups is 1. The van der Waals surface area contributed by atoms with Crippen LogP contribution in [-0.2, 0) is 0 Å². The number of urea groups is 1. The summed E-state index contributed by atoms with van der Waals surface area (Å²) in [6, 6.07) is 13.1. The second-order valence-corrected chi connectivity index (χ2v) is 6.64. The first kappa shape index (κ1) is 17.6. The van der Waals surface area contributed by atoms with Crippen LogP contribution >= 0.6 is 11.9 Å². The zero-order valence-corrected chi connectivity index (χ0v) is 14.4. The van der Waals surface area contributed by atoms with Gasteiger partial charge in [-0.1, -0.05) is 4.58 Å². The van der Waals surface area contributed by atoms with Crippen molar-refractivity contribution in [3.8, 4) is 5.75 Å². The van der Waals surface area contributed by atoms with Crippen LogP contribution in [0, 0.1) is 0 Å². The normalized spacial score (nSPS) is 14.6. The van der Waals surface area contributed by atoms with Gasteiger partial charge in [0, 0.05) is 41.3 Å². The van der Waals surface area contributed by atoms with E-state index in [9.17, 15) is 15.1 Å². The van der Waals surface area contributed by atoms with Gasteiger partial charge >= 0.3 is 6.03 Å². The van der Waals surface area contributed by atoms with E-state index in [0.29, 0.717) is 11.4 Å². The molecule has 0 spiro atoms. The molecule has 0 radical (unpaired) electrons. The van der Waals surface area contributed by atoms with Crippen molar-refractivity contribution in [2.45, 2.75) is 17.7 Å². The van der Waals surface area contributed by atoms with E-state index in [1.807, 2.05) is 17.1 Å². The molecule has 2 amide bonds. The Morgan fingerprint density at radius 2 is 1.48 bits per heavy atom. The highest BCUT2D eigenvalue weighted by molar-refractivity contribution is 7.96. The number of phenolic OH excluding ortho intramolecular Hbond substituents is 1. The van der Waals surface area contributed by atoms with Crippen LogP contribution in [-0.4, -0.2) is 39.0 Å². The van der Waals surface area contributed by atoms with E-state index < -0.39 is 0 Å². The Morgan fingerprint density at radius 3 is 2.04 bits per heavy atom. The summed E-state index contributed by atoms with van der Waals surface area (Å²) in [6.45, 7) is 1.72. The largest absolute Gasteiger partial charge is 0.508 e. The monoisotopic (exact) mass is 360 g/mol. The number of carbonyl (C=O) groups excluding carboxylic acids is 1. The van der Waals surface area contributed by atoms with Crippen molar-refractivity contribution >= 4 is 29.4 Å². The van der Waals surface area contributed by atoms with Crippen LogP contribution in [0.2, 0.25) is 0 Å². The SMILES string of the molecule is O=C(Nc1ccc(O)cc1)Nc1ccc(SN(O)N2CCCC2)cc1. The quantitative estimate of drug-likeness (QED) is 0.369. The number of amides is 2. The molecular weight excluding hydrogens is 340 g/mol. The van der Waals surface area contributed by atoms with E-state index in [-0.39, 0.29) is 11.8 Å². The fraction of sp³-hybridized carbons (Fsp3) is 0.235. The molecule has 3 rings (SSSR count). The zero-order chi connectivity index (χ0) is 17.6. The van der Waals surface area contributed by atoms with Crippen molar-refractivity contribution in [3.63, 3.8) is 0 Å². The smallest absolute Gasteiger partial charge is 0.323 e. The number of phenols is 1. The second-order valence-electron chi connectivity index (χ2n) is 5.66. The second kappa shape index (κ2) is 8.21. The van der Waals surface area contributed by atoms with Gasteiger partial charge in [0.2, 0.25) is 0 Å². The Kier molecular flexibility index (Phi) is 5.77. The molecule has 1 fully saturated rings. The molecule has 1 heterocycles. The fourth-order valence-electron chi connectivity index (χ4n) is 2.46. The van der Waals surface area contributed by atoms with E-state index in [2.05, 4.69) is 10.6 Å². The van der Waals surface area contributed by atoms with Crippen LogP contribution in [0.5, 0.6) is 5.75 Å². The van der Waals surface area contributed by atoms with Gasteiger partial charge in [-0.3, -0.25) is 5.21 Å². The molecule has 1 saturated heterocycles. The zero-order valence-electron chi connectivity index (χ0n) is 13.6. The van der Waals surface area contributed by atoms with Gasteiger partial charge in [-0.05, 0) is 61.4 Å². The number of benzene rings is 2. The van der Waals surface area contributed by atoms with Crippen LogP contribution in [0.4, 0.5) is 16.2 Å². The standard InChI is InChI=1S/C17H20N4O3S/c22-15-7-3-13(4-8-15)18-17(23)19-14-5-9-16(10-6-14)25-21(24)20-11-1-2-12-20/h3-10,22,24H,1-2,11-12H2,(H2,18,19,23). The summed E-state index contributed by atoms with van der Waals surface area (Å²) < 4.78 is 1.17. The first-order valence-electron chi connectivity index (χ1n) is 7.99. The van der Waals surface area contributed by atoms with Crippen LogP contribution in [0.15, 0.2) is 53.4 Å². The third kappa shape index (κ3) is 5.10. The predicted octanol–water partition coefficient (Wildman–Crippen LogP) is 3.75. The molecule has 25 heavy (non-hydrogen) atoms. The topological polar surface area (TPSA) is 88.1 Å². The first-order valence-corrected chi connectivity index (χ1v) is 8.76. The molecule has 0 bridgehead atoms. The van der Waals surface area contributed by atoms with E-state index in [4.69, 9.17) is 0 Å². The van der Waals surface area contributed by atoms with Gasteiger partial charge < -0.3 is 15.7 Å². The lowest BCUT2D eigenvalue weighted by atomic mass is 10.3. The van der Waals surface area contributed by atoms with E-state index in [1.165, 1.54) is 28.7 Å². The molecule has 0 atom stereocenters. The van der Waals surface area contributed by atoms with Gasteiger partial charge in [0.1, 0.15) is 5.75 Å². The van der Waals surface area contributed by atoms with Gasteiger partial charge in [0.05, 0.1) is 0 Å². The molecule has 0 saturated carbocycles. The van der Waals surface area contributed by atoms with Crippen molar-refractivity contribution in [2.75, 3.05) is 23.7 Å². The molecule has 2 aromatic rings. The maximum Gasteiger partial charge on any atom is 0.323 e. The molecule has 0 aromatic heterocycles. The Labute approximate surface area is 150 Å². The van der Waals surface area contributed by atoms with Crippen LogP contribution < -0.4 is 10.6 Å². The lowest BCUT2D eigenvalue weighted by Crippen LogP contribution is -2.32. The molecule has 4 N–H and O–H groups in total. The van der Waals surface area contributed by atoms with Gasteiger partial charge in [0.25, 0.3) is 0 Å². The Morgan fingerprint density at radius 1 is 0.960 bits per heavy atom. The minimum absolute atomic E-state index is 0.144. The first-order chi connectivity index (χ1) is 12.1. The lowest BCUT2D eigenvalue weighted by Gasteiger charge is -2.23. The number of hydrogen-bond donors (Lipinski definition) is 4. The maximum atomic E-state index is 12.0. The number of nitrogens with one attached hydrogen (secondary N) is 2. The number of hydrogen-bond acceptors (Lipinski definition) is 6. The maximum absolute atomic E-state index is 12.0. The minimum atomic E-state index is -0.369. The highest BCUT2D eigenvalue weighted by atomic mass is 32.2. The number of carbonyl (C=O) groups is 1. The highest BCUT2D eigenvalue weighted by Gasteiger charge is 2.18. The summed E-state index contributed by atoms with van der Waals surface area (Å²) in [4.78, 5) is 12.8. The van der Waals surface area contributed by atoms with Crippen molar-refractivity contribution in [3.05, 3.63) is 48.5 Å². The number of rotatable bonds is 5. The summed E-state index contributed by atoms with van der Waals surface area (Å²) in [5.41, 5.74) is 1.23. The molecule has 0 aliphatic carbocycles. The lowest BCUT2D eigenvalue weighted by molar-refractivity contribution is -0.145. The van der Waals surface area contributed by atoms with Crippen LogP contribution in [0.25, 0.3) is 0 Å². The van der Waals surface area contributed by atoms with Gasteiger partial charge in [0.15, 0.2) is 0 Å². The van der Waals surface area contributed by atoms with E-state index >= 15 is 0 Å². The number of hydrazine groups is 1. The molecule has 132 valence electrons. The van der Waals surface area contributed by atoms with Crippen molar-refractivity contribution in [1.29, 1.82) is 0 Å². The Bertz CT molecular complexity index is 703. The summed E-state index contributed by atoms with van der Waals surface area (Å²) in [6.07, 6.45) is 2.19. The molecule has 8 heteroatoms. The molecule has 1 aliphatic rings. The average molecular weight is 360 g/mol. The summed E-state index contributed by atoms with van der Waals surface area (Å²) in [7, 11) is 0. The van der Waals surface area contributed by atoms with Gasteiger partial charge in [-0.2, -0.15) is 0 Å². The Balaban J connectivity index is 1.51. The molecule has 2 aromatic carbocycles. The molecule has 0 unspecified atom stereocenters. The summed E-state index contributed by atoms with van der Waals surface area (Å²) in [5, 5.41) is 26.6. The highest BCUT2D eigenvalue weighted by Crippen LogP contribution is 2.26. The number of nitrogens with zero attached hydrogens (tertiary/aromatic N) is 2. The van der Waals surface area contributed by atoms with E-state index in [0.717, 1.165) is 30.8 Å². The van der Waals surface area contributed by atoms with Crippen molar-refractivity contribution in [1.82, 2.24) is 9.59 Å². The minimum Gasteiger partial charge on any atom is -0.508 e. The Hall–Kier alpha value is -2.26. The van der Waals surface area contributed by atoms with Gasteiger partial charge in [-0.15, -0.1) is 0 Å². The van der Waals surface area contributed by atoms with Crippen LogP contribution in [0.1, 0.15) is 12.8 Å². The van der Waals surface area contributed by atoms with E-state index in [1.54, 1.807) is 24.3 Å². The van der Waals surface area contributed by atoms with Gasteiger partial charge in [-0.25, -0.2) is 9.80 Å². The number of anilines is 2. The third-order valence-corrected chi connectivity index (χ3v) is 4.63. The molecule has 7 nitrogen and oxygen atoms in total. The average Bonchev–Trinajstić information content (AvgIpc) is 3.13. The van der Waals surface area contributed by atoms with Crippen LogP contribution in [0.3, 0.4) is 0 Å². The third-order valence-electron chi connectivity index (χ3n) is 3.75. The predicted molar refractivity (Wildman–Crippen MR) is 97.5 cm³/mol. The van der Waals surface area contributed by atoms with Crippen molar-refractivity contribution in [2.24, 2.45) is 0 Å². The molecular formula is C17H20N4O3S. The van der Waals surface area contributed by atoms with Crippen molar-refractivity contribution < 1.29 is 15.1 Å². The fourth-order valence-corrected chi connectivity index (χ4v) is 3.19. The molecule has 1 aliphatic heterocycles.